The molecule has 0 unspecified atom stereocenters. The Labute approximate surface area is 124 Å². The van der Waals surface area contributed by atoms with Crippen molar-refractivity contribution in [2.45, 2.75) is 31.6 Å². The summed E-state index contributed by atoms with van der Waals surface area (Å²) in [5.41, 5.74) is -0.120. The number of rotatable bonds is 2. The molecule has 7 heteroatoms. The minimum absolute atomic E-state index is 0.00489. The quantitative estimate of drug-likeness (QED) is 0.903. The van der Waals surface area contributed by atoms with Gasteiger partial charge in [0, 0.05) is 13.1 Å². The molecule has 21 heavy (non-hydrogen) atoms. The van der Waals surface area contributed by atoms with Gasteiger partial charge in [-0.05, 0) is 36.5 Å². The maximum absolute atomic E-state index is 14.0. The van der Waals surface area contributed by atoms with Crippen molar-refractivity contribution in [2.75, 3.05) is 13.1 Å². The van der Waals surface area contributed by atoms with Crippen LogP contribution in [0.25, 0.3) is 0 Å². The van der Waals surface area contributed by atoms with E-state index in [9.17, 15) is 17.6 Å². The minimum atomic E-state index is -3.98. The normalized spacial score (nSPS) is 18.6. The standard InChI is InChI=1S/C14H19FN2O3S/c1-14(2)6-3-7-17(9-14)13(18)11-5-4-10(8-12(11)15)21(16,19)20/h4-5,8H,3,6-7,9H2,1-2H3,(H2,16,19,20). The maximum Gasteiger partial charge on any atom is 0.256 e. The van der Waals surface area contributed by atoms with Gasteiger partial charge in [-0.2, -0.15) is 0 Å². The first-order chi connectivity index (χ1) is 9.60. The molecule has 0 atom stereocenters. The van der Waals surface area contributed by atoms with Crippen LogP contribution < -0.4 is 5.14 Å². The lowest BCUT2D eigenvalue weighted by Gasteiger charge is -2.38. The van der Waals surface area contributed by atoms with Crippen molar-refractivity contribution in [3.8, 4) is 0 Å². The third-order valence-corrected chi connectivity index (χ3v) is 4.60. The van der Waals surface area contributed by atoms with Gasteiger partial charge in [-0.1, -0.05) is 13.8 Å². The zero-order valence-electron chi connectivity index (χ0n) is 12.1. The number of amides is 1. The fraction of sp³-hybridized carbons (Fsp3) is 0.500. The second-order valence-corrected chi connectivity index (χ2v) is 7.74. The Morgan fingerprint density at radius 1 is 1.38 bits per heavy atom. The minimum Gasteiger partial charge on any atom is -0.338 e. The van der Waals surface area contributed by atoms with Crippen LogP contribution in [-0.2, 0) is 10.0 Å². The molecule has 1 aliphatic rings. The van der Waals surface area contributed by atoms with E-state index in [-0.39, 0.29) is 15.9 Å². The van der Waals surface area contributed by atoms with Crippen LogP contribution in [0.4, 0.5) is 4.39 Å². The highest BCUT2D eigenvalue weighted by Gasteiger charge is 2.30. The SMILES string of the molecule is CC1(C)CCCN(C(=O)c2ccc(S(N)(=O)=O)cc2F)C1. The lowest BCUT2D eigenvalue weighted by molar-refractivity contribution is 0.0578. The predicted octanol–water partition coefficient (Wildman–Crippen LogP) is 1.74. The molecule has 0 aliphatic carbocycles. The number of halogens is 1. The Morgan fingerprint density at radius 2 is 2.05 bits per heavy atom. The molecule has 1 heterocycles. The number of carbonyl (C=O) groups is 1. The average molecular weight is 314 g/mol. The van der Waals surface area contributed by atoms with E-state index >= 15 is 0 Å². The largest absolute Gasteiger partial charge is 0.338 e. The molecule has 1 aromatic carbocycles. The van der Waals surface area contributed by atoms with Crippen molar-refractivity contribution in [1.82, 2.24) is 4.90 Å². The van der Waals surface area contributed by atoms with Gasteiger partial charge < -0.3 is 4.90 Å². The molecule has 2 rings (SSSR count). The molecule has 116 valence electrons. The molecule has 0 bridgehead atoms. The topological polar surface area (TPSA) is 80.5 Å². The molecule has 0 spiro atoms. The summed E-state index contributed by atoms with van der Waals surface area (Å²) in [5.74, 6) is -1.28. The second-order valence-electron chi connectivity index (χ2n) is 6.18. The Balaban J connectivity index is 2.28. The van der Waals surface area contributed by atoms with Crippen molar-refractivity contribution < 1.29 is 17.6 Å². The maximum atomic E-state index is 14.0. The van der Waals surface area contributed by atoms with Gasteiger partial charge in [0.25, 0.3) is 5.91 Å². The first-order valence-electron chi connectivity index (χ1n) is 6.72. The number of carbonyl (C=O) groups excluding carboxylic acids is 1. The van der Waals surface area contributed by atoms with Crippen LogP contribution in [0, 0.1) is 11.2 Å². The first-order valence-corrected chi connectivity index (χ1v) is 8.26. The van der Waals surface area contributed by atoms with E-state index in [1.54, 1.807) is 4.90 Å². The van der Waals surface area contributed by atoms with Crippen molar-refractivity contribution in [3.05, 3.63) is 29.6 Å². The van der Waals surface area contributed by atoms with Crippen molar-refractivity contribution in [3.63, 3.8) is 0 Å². The van der Waals surface area contributed by atoms with Crippen molar-refractivity contribution in [2.24, 2.45) is 10.6 Å². The Hall–Kier alpha value is -1.47. The first kappa shape index (κ1) is 15.9. The van der Waals surface area contributed by atoms with Gasteiger partial charge in [0.15, 0.2) is 0 Å². The van der Waals surface area contributed by atoms with Crippen LogP contribution >= 0.6 is 0 Å². The molecule has 0 aromatic heterocycles. The van der Waals surface area contributed by atoms with Gasteiger partial charge >= 0.3 is 0 Å². The number of nitrogens with two attached hydrogens (primary N) is 1. The summed E-state index contributed by atoms with van der Waals surface area (Å²) >= 11 is 0. The zero-order chi connectivity index (χ0) is 15.8. The van der Waals surface area contributed by atoms with Gasteiger partial charge in [-0.3, -0.25) is 4.79 Å². The van der Waals surface area contributed by atoms with Crippen LogP contribution in [0.1, 0.15) is 37.0 Å². The lowest BCUT2D eigenvalue weighted by Crippen LogP contribution is -2.43. The smallest absolute Gasteiger partial charge is 0.256 e. The van der Waals surface area contributed by atoms with E-state index in [0.717, 1.165) is 25.0 Å². The molecule has 1 amide bonds. The van der Waals surface area contributed by atoms with Gasteiger partial charge in [-0.15, -0.1) is 0 Å². The molecular formula is C14H19FN2O3S. The van der Waals surface area contributed by atoms with E-state index in [4.69, 9.17) is 5.14 Å². The number of nitrogens with zero attached hydrogens (tertiary/aromatic N) is 1. The molecular weight excluding hydrogens is 295 g/mol. The Morgan fingerprint density at radius 3 is 2.57 bits per heavy atom. The number of likely N-dealkylation sites (tertiary alicyclic amines) is 1. The third kappa shape index (κ3) is 3.59. The van der Waals surface area contributed by atoms with Crippen LogP contribution in [0.5, 0.6) is 0 Å². The molecule has 0 radical (unpaired) electrons. The van der Waals surface area contributed by atoms with E-state index in [0.29, 0.717) is 13.1 Å². The molecule has 1 aromatic rings. The number of sulfonamides is 1. The van der Waals surface area contributed by atoms with E-state index in [1.807, 2.05) is 0 Å². The number of benzene rings is 1. The van der Waals surface area contributed by atoms with Crippen molar-refractivity contribution >= 4 is 15.9 Å². The van der Waals surface area contributed by atoms with Gasteiger partial charge in [0.05, 0.1) is 10.5 Å². The molecule has 1 saturated heterocycles. The summed E-state index contributed by atoms with van der Waals surface area (Å²) in [7, 11) is -3.98. The predicted molar refractivity (Wildman–Crippen MR) is 76.7 cm³/mol. The number of primary sulfonamides is 1. The fourth-order valence-corrected chi connectivity index (χ4v) is 3.14. The summed E-state index contributed by atoms with van der Waals surface area (Å²) < 4.78 is 36.3. The second kappa shape index (κ2) is 5.38. The Bertz CT molecular complexity index is 671. The third-order valence-electron chi connectivity index (χ3n) is 3.69. The van der Waals surface area contributed by atoms with Crippen LogP contribution in [0.15, 0.2) is 23.1 Å². The zero-order valence-corrected chi connectivity index (χ0v) is 12.9. The number of hydrogen-bond acceptors (Lipinski definition) is 3. The van der Waals surface area contributed by atoms with E-state index in [2.05, 4.69) is 13.8 Å². The molecule has 1 aliphatic heterocycles. The molecule has 2 N–H and O–H groups in total. The summed E-state index contributed by atoms with van der Waals surface area (Å²) in [6, 6.07) is 3.12. The van der Waals surface area contributed by atoms with Gasteiger partial charge in [0.1, 0.15) is 5.82 Å². The highest BCUT2D eigenvalue weighted by Crippen LogP contribution is 2.29. The monoisotopic (exact) mass is 314 g/mol. The summed E-state index contributed by atoms with van der Waals surface area (Å²) in [4.78, 5) is 13.6. The highest BCUT2D eigenvalue weighted by atomic mass is 32.2. The highest BCUT2D eigenvalue weighted by molar-refractivity contribution is 7.89. The molecule has 1 fully saturated rings. The summed E-state index contributed by atoms with van der Waals surface area (Å²) in [5, 5.41) is 4.94. The van der Waals surface area contributed by atoms with E-state index < -0.39 is 21.7 Å². The van der Waals surface area contributed by atoms with Crippen LogP contribution in [0.2, 0.25) is 0 Å². The number of piperidine rings is 1. The van der Waals surface area contributed by atoms with Crippen molar-refractivity contribution in [1.29, 1.82) is 0 Å². The molecule has 5 nitrogen and oxygen atoms in total. The van der Waals surface area contributed by atoms with E-state index in [1.165, 1.54) is 6.07 Å². The van der Waals surface area contributed by atoms with Crippen LogP contribution in [0.3, 0.4) is 0 Å². The fourth-order valence-electron chi connectivity index (χ4n) is 2.61. The van der Waals surface area contributed by atoms with Gasteiger partial charge in [0.2, 0.25) is 10.0 Å². The molecule has 0 saturated carbocycles. The average Bonchev–Trinajstić information content (AvgIpc) is 2.35. The Kier molecular flexibility index (Phi) is 4.08. The lowest BCUT2D eigenvalue weighted by atomic mass is 9.84. The van der Waals surface area contributed by atoms with Crippen LogP contribution in [-0.4, -0.2) is 32.3 Å². The summed E-state index contributed by atoms with van der Waals surface area (Å²) in [6.07, 6.45) is 1.89. The summed E-state index contributed by atoms with van der Waals surface area (Å²) in [6.45, 7) is 5.26. The number of hydrogen-bond donors (Lipinski definition) is 1. The van der Waals surface area contributed by atoms with Gasteiger partial charge in [-0.25, -0.2) is 17.9 Å².